The van der Waals surface area contributed by atoms with Crippen LogP contribution >= 0.6 is 0 Å². The molecule has 0 aromatic heterocycles. The summed E-state index contributed by atoms with van der Waals surface area (Å²) in [6.07, 6.45) is -25.5. The second-order valence-electron chi connectivity index (χ2n) is 31.9. The highest BCUT2D eigenvalue weighted by Crippen LogP contribution is 2.36. The molecule has 68 heteroatoms. The van der Waals surface area contributed by atoms with Gasteiger partial charge >= 0.3 is 44.1 Å². The molecule has 2 heterocycles. The number of unbranched alkanes of at least 4 members (excludes halogenated alkanes) is 1. The van der Waals surface area contributed by atoms with Crippen LogP contribution in [0.3, 0.4) is 0 Å². The number of likely N-dealkylation sites (N-methyl/N-ethyl adjacent to an activating group) is 1. The Morgan fingerprint density at radius 1 is 0.550 bits per heavy atom. The van der Waals surface area contributed by atoms with E-state index < -0.39 is 286 Å². The van der Waals surface area contributed by atoms with Crippen LogP contribution in [0, 0.1) is 0 Å². The van der Waals surface area contributed by atoms with Crippen LogP contribution in [0.2, 0.25) is 0 Å². The monoisotopic (exact) mass is 1770 g/mol. The van der Waals surface area contributed by atoms with Gasteiger partial charge in [-0.05, 0) is 116 Å². The fourth-order valence-electron chi connectivity index (χ4n) is 13.8. The molecule has 2 aliphatic rings. The van der Waals surface area contributed by atoms with Gasteiger partial charge in [0.2, 0.25) is 17.7 Å². The second kappa shape index (κ2) is 60.4. The molecule has 14 N–H and O–H groups in total. The number of carbonyl (C=O) groups excluding carboxylic acids is 11. The predicted octanol–water partition coefficient (Wildman–Crippen LogP) is -15.6. The van der Waals surface area contributed by atoms with Crippen molar-refractivity contribution in [2.24, 2.45) is 0 Å². The molecule has 4 rings (SSSR count). The second-order valence-corrected chi connectivity index (χ2v) is 31.9. The molecule has 2 aromatic carbocycles. The van der Waals surface area contributed by atoms with Gasteiger partial charge in [0.1, 0.15) is 43.0 Å². The maximum Gasteiger partial charge on any atom is 0.494 e. The van der Waals surface area contributed by atoms with Gasteiger partial charge in [-0.25, -0.2) is 24.3 Å². The molecule has 0 spiro atoms. The Morgan fingerprint density at radius 3 is 1.42 bits per heavy atom. The lowest BCUT2D eigenvalue weighted by Crippen LogP contribution is -2.87. The van der Waals surface area contributed by atoms with Gasteiger partial charge in [0.25, 0.3) is 23.6 Å². The van der Waals surface area contributed by atoms with Gasteiger partial charge in [-0.1, -0.05) is 24.3 Å². The smallest absolute Gasteiger partial charge is 0.480 e. The van der Waals surface area contributed by atoms with Crippen molar-refractivity contribution >= 4 is 302 Å². The van der Waals surface area contributed by atoms with Crippen molar-refractivity contribution in [2.45, 2.75) is 198 Å². The van der Waals surface area contributed by atoms with E-state index >= 15 is 0 Å². The van der Waals surface area contributed by atoms with Crippen LogP contribution in [0.25, 0.3) is 0 Å². The number of hydrogen-bond acceptors (Lipinski definition) is 30. The number of hydroxylamine groups is 2. The van der Waals surface area contributed by atoms with E-state index in [4.69, 9.17) is 174 Å². The largest absolute Gasteiger partial charge is 0.494 e. The molecule has 0 saturated carbocycles. The molecule has 2 saturated heterocycles. The molecule has 0 aliphatic carbocycles. The highest BCUT2D eigenvalue weighted by molar-refractivity contribution is 8.27. The summed E-state index contributed by atoms with van der Waals surface area (Å²) in [5, 5.41) is 91.1. The molecule has 2 fully saturated rings. The number of hydrogen-bond donors (Lipinski definition) is 14. The molecule has 655 valence electrons. The van der Waals surface area contributed by atoms with Crippen molar-refractivity contribution in [1.82, 2.24) is 37.0 Å². The summed E-state index contributed by atoms with van der Waals surface area (Å²) >= 11 is 0. The molecule has 2 aromatic rings. The number of ether oxygens (including phenoxy) is 3. The Balaban J connectivity index is 0.000000713. The van der Waals surface area contributed by atoms with E-state index in [0.29, 0.717) is 29.8 Å². The van der Waals surface area contributed by atoms with Crippen LogP contribution in [0.15, 0.2) is 48.5 Å². The Kier molecular flexibility index (Phi) is 55.7. The summed E-state index contributed by atoms with van der Waals surface area (Å²) < 4.78 is 28.3. The third-order valence-electron chi connectivity index (χ3n) is 21.4. The third kappa shape index (κ3) is 40.5. The lowest BCUT2D eigenvalue weighted by atomic mass is 8.32. The van der Waals surface area contributed by atoms with Gasteiger partial charge in [0, 0.05) is 270 Å². The van der Waals surface area contributed by atoms with Crippen LogP contribution in [0.5, 0.6) is 0 Å². The van der Waals surface area contributed by atoms with E-state index in [9.17, 15) is 88.0 Å². The maximum absolute atomic E-state index is 13.9. The van der Waals surface area contributed by atoms with Crippen LogP contribution < -0.4 is 42.8 Å². The first-order chi connectivity index (χ1) is 61.2. The van der Waals surface area contributed by atoms with Crippen LogP contribution in [-0.2, 0) is 95.9 Å². The van der Waals surface area contributed by atoms with Gasteiger partial charge in [0.05, 0.1) is 50.1 Å². The molecule has 37 nitrogen and oxygen atoms in total. The number of benzene rings is 2. The zero-order valence-electron chi connectivity index (χ0n) is 75.2. The first kappa shape index (κ1) is 121. The van der Waals surface area contributed by atoms with Crippen LogP contribution in [0.4, 0.5) is 0 Å². The number of amides is 7. The number of nitrogens with zero attached hydrogens (tertiary/aromatic N) is 1. The van der Waals surface area contributed by atoms with Crippen LogP contribution in [0.1, 0.15) is 141 Å². The SMILES string of the molecule is CCOO[C@H]([C@@H](OC(C)=O)[C@H](COC(C)=O)OOCC)[C@@H](CNC(=O)[C@H](CCC(=O)ON1C(=O)CCC1=O)NC(=O)c1ccc(B2OC(C)(C)C(C)(C)O2)cc1)OC(C)=O.CN[C@@H](CCCCNC(=O)CC[C@H](NC(=O)c1ccc(B(O)O)cc1)C(=O)NC[C@@H](O)[C@H](O)[C@@H](O)[C@@H](O)CO)C(=O)O.[B][B]B(B([B])[B])B(B(B([B])[B])B([B])[B])B(B(B([B])[B])B([B])[B])B(B([B])[B])B([B])[B]. The third-order valence-corrected chi connectivity index (χ3v) is 21.4. The van der Waals surface area contributed by atoms with E-state index in [1.54, 1.807) is 26.0 Å². The molecule has 0 unspecified atom stereocenters. The molecule has 11 atom stereocenters. The van der Waals surface area contributed by atoms with Crippen molar-refractivity contribution < 1.29 is 146 Å². The average Bonchev–Trinajstić information content (AvgIpc) is 1.55. The molecular formula is C63H95B31N7O30. The van der Waals surface area contributed by atoms with Crippen molar-refractivity contribution in [3.8, 4) is 0 Å². The van der Waals surface area contributed by atoms with Gasteiger partial charge in [0.15, 0.2) is 24.4 Å². The van der Waals surface area contributed by atoms with E-state index in [-0.39, 0.29) is 62.0 Å². The normalized spacial score (nSPS) is 15.3. The molecule has 2 aliphatic heterocycles. The van der Waals surface area contributed by atoms with Gasteiger partial charge in [-0.2, -0.15) is 0 Å². The highest BCUT2D eigenvalue weighted by atomic mass is 17.2. The predicted molar refractivity (Wildman–Crippen MR) is 519 cm³/mol. The Hall–Kier alpha value is -6.27. The van der Waals surface area contributed by atoms with Crippen molar-refractivity contribution in [2.75, 3.05) is 53.1 Å². The lowest BCUT2D eigenvalue weighted by molar-refractivity contribution is -0.383. The number of aliphatic hydroxyl groups excluding tert-OH is 5. The number of imide groups is 1. The Morgan fingerprint density at radius 2 is 1.00 bits per heavy atom. The summed E-state index contributed by atoms with van der Waals surface area (Å²) in [6, 6.07) is 7.92. The quantitative estimate of drug-likeness (QED) is 0.00556. The highest BCUT2D eigenvalue weighted by Gasteiger charge is 2.54. The molecule has 7 amide bonds. The first-order valence-electron chi connectivity index (χ1n) is 42.0. The molecule has 31 radical (unpaired) electrons. The Labute approximate surface area is 792 Å². The first-order valence-corrected chi connectivity index (χ1v) is 42.0. The molecule has 0 bridgehead atoms. The number of rotatable bonds is 56. The Bertz CT molecular complexity index is 3830. The summed E-state index contributed by atoms with van der Waals surface area (Å²) in [7, 11) is 90.3. The average molecular weight is 1770 g/mol. The number of esters is 3. The number of aliphatic carboxylic acids is 1. The zero-order chi connectivity index (χ0) is 99.8. The minimum absolute atomic E-state index is 0.0132. The van der Waals surface area contributed by atoms with E-state index in [2.05, 4.69) is 31.9 Å². The maximum atomic E-state index is 13.9. The van der Waals surface area contributed by atoms with Crippen LogP contribution in [-0.4, -0.2) is 469 Å². The molecular weight excluding hydrogens is 1670 g/mol. The standard InChI is InChI=1S/C38H54BN3O18.C25H41BN4O12.B29/c1-10-52-57-29(21-51-22(3)43)33(55-24(5)45)34(58-53-11-2)28(54-23(4)44)20-40-36(50)27(16-19-32(48)56-42-30(46)17-18-31(42)47)41-35(49)25-12-14-26(15-13-25)39-59-37(6,7)38(8,9)60-39;1-27-17(25(39)40)4-2-3-11-28-20(34)10-9-16(30-23(37)14-5-7-15(8-6-14)26(41)42)24(38)29-12-18(32)21(35)22(36)19(33)13-31;1-16-24(17(2)3)28(25(18(4)5)19(6)7)29(26(20(8)9)21(10)11)27(22(12)13)23(14)15/h12-15,27-29,33-34H,10-11,16-21H2,1-9H3,(H,40,50)(H,41,49);5-8,16-19,21-22,27,31-33,35-36,41-42H,2-4,9-13H2,1H3,(H,28,34)(H,29,38)(H,30,37)(H,39,40);/t27-,28+,29-,33-,34-;16-,17-,18+,19-,21-,22-;/m00./s1. The number of carboxylic acids is 1. The lowest BCUT2D eigenvalue weighted by Gasteiger charge is -2.49. The summed E-state index contributed by atoms with van der Waals surface area (Å²) in [5.74, 6) is -9.55. The van der Waals surface area contributed by atoms with Crippen molar-refractivity contribution in [3.63, 3.8) is 0 Å². The zero-order valence-corrected chi connectivity index (χ0v) is 75.2. The van der Waals surface area contributed by atoms with E-state index in [1.165, 1.54) is 50.5 Å². The minimum Gasteiger partial charge on any atom is -0.480 e. The van der Waals surface area contributed by atoms with Crippen molar-refractivity contribution in [1.29, 1.82) is 0 Å². The van der Waals surface area contributed by atoms with Gasteiger partial charge in [-0.15, -0.1) is 5.06 Å². The number of carbonyl (C=O) groups is 12. The minimum atomic E-state index is -1.93. The van der Waals surface area contributed by atoms with E-state index in [1.807, 2.05) is 27.7 Å². The van der Waals surface area contributed by atoms with Gasteiger partial charge in [-0.3, -0.25) is 52.7 Å². The fourth-order valence-corrected chi connectivity index (χ4v) is 13.8. The summed E-state index contributed by atoms with van der Waals surface area (Å²) in [5.41, 5.74) is -0.286. The molecule has 131 heavy (non-hydrogen) atoms. The number of aliphatic hydroxyl groups is 5. The van der Waals surface area contributed by atoms with E-state index in [0.717, 1.165) is 20.8 Å². The summed E-state index contributed by atoms with van der Waals surface area (Å²) in [4.78, 5) is 176. The number of nitrogens with one attached hydrogen (secondary N) is 6. The summed E-state index contributed by atoms with van der Waals surface area (Å²) in [6.45, 7) is 11.6. The fraction of sp³-hybridized carbons (Fsp3) is 0.619. The number of carboxylic acid groups (broad SMARTS) is 1. The van der Waals surface area contributed by atoms with Crippen molar-refractivity contribution in [3.05, 3.63) is 59.7 Å². The topological polar surface area (TPSA) is 534 Å². The van der Waals surface area contributed by atoms with Gasteiger partial charge < -0.3 is 101 Å².